The van der Waals surface area contributed by atoms with Gasteiger partial charge in [0.15, 0.2) is 6.61 Å². The molecule has 0 aliphatic carbocycles. The summed E-state index contributed by atoms with van der Waals surface area (Å²) in [6, 6.07) is 11.9. The Bertz CT molecular complexity index is 924. The van der Waals surface area contributed by atoms with Gasteiger partial charge in [0, 0.05) is 10.2 Å². The van der Waals surface area contributed by atoms with Gasteiger partial charge in [0.1, 0.15) is 11.0 Å². The van der Waals surface area contributed by atoms with Crippen LogP contribution in [0.25, 0.3) is 11.0 Å². The number of halogens is 1. The first-order valence-electron chi connectivity index (χ1n) is 7.19. The van der Waals surface area contributed by atoms with E-state index in [1.54, 1.807) is 24.3 Å². The number of esters is 1. The molecule has 0 aliphatic rings. The number of ether oxygens (including phenoxy) is 1. The summed E-state index contributed by atoms with van der Waals surface area (Å²) in [5.41, 5.74) is 1.97. The van der Waals surface area contributed by atoms with Crippen molar-refractivity contribution < 1.29 is 19.2 Å². The van der Waals surface area contributed by atoms with Crippen LogP contribution < -0.4 is 10.2 Å². The Morgan fingerprint density at radius 3 is 2.68 bits per heavy atom. The summed E-state index contributed by atoms with van der Waals surface area (Å²) in [6.07, 6.45) is 0. The van der Waals surface area contributed by atoms with Crippen LogP contribution in [0.2, 0.25) is 0 Å². The van der Waals surface area contributed by atoms with Gasteiger partial charge in [0.25, 0.3) is 5.91 Å². The number of methoxy groups -OCH3 is 1. The molecule has 0 bridgehead atoms. The molecule has 0 unspecified atom stereocenters. The second kappa shape index (κ2) is 7.31. The summed E-state index contributed by atoms with van der Waals surface area (Å²) in [5.74, 6) is -0.835. The molecule has 2 aromatic carbocycles. The number of amides is 1. The van der Waals surface area contributed by atoms with Gasteiger partial charge in [-0.05, 0) is 47.7 Å². The van der Waals surface area contributed by atoms with Crippen LogP contribution in [0.1, 0.15) is 10.4 Å². The lowest BCUT2D eigenvalue weighted by molar-refractivity contribution is -0.121. The van der Waals surface area contributed by atoms with Crippen molar-refractivity contribution in [1.29, 1.82) is 0 Å². The Labute approximate surface area is 150 Å². The van der Waals surface area contributed by atoms with Crippen LogP contribution in [0.15, 0.2) is 46.9 Å². The highest BCUT2D eigenvalue weighted by molar-refractivity contribution is 9.10. The number of aromatic nitrogens is 3. The molecule has 9 heteroatoms. The molecule has 128 valence electrons. The van der Waals surface area contributed by atoms with E-state index in [4.69, 9.17) is 4.84 Å². The SMILES string of the molecule is COC(=O)c1ccc2nnn(OCC(=O)Nc3ccc(Br)cc3)c2c1. The molecule has 1 amide bonds. The van der Waals surface area contributed by atoms with Gasteiger partial charge in [0.05, 0.1) is 12.7 Å². The monoisotopic (exact) mass is 404 g/mol. The zero-order chi connectivity index (χ0) is 17.8. The fourth-order valence-electron chi connectivity index (χ4n) is 2.09. The zero-order valence-corrected chi connectivity index (χ0v) is 14.7. The minimum absolute atomic E-state index is 0.267. The van der Waals surface area contributed by atoms with Crippen LogP contribution in [0.4, 0.5) is 5.69 Å². The first kappa shape index (κ1) is 16.9. The average Bonchev–Trinajstić information content (AvgIpc) is 3.03. The number of nitrogens with zero attached hydrogens (tertiary/aromatic N) is 3. The molecule has 3 rings (SSSR count). The molecule has 8 nitrogen and oxygen atoms in total. The first-order chi connectivity index (χ1) is 12.1. The molecular formula is C16H13BrN4O4. The van der Waals surface area contributed by atoms with E-state index >= 15 is 0 Å². The van der Waals surface area contributed by atoms with E-state index < -0.39 is 5.97 Å². The van der Waals surface area contributed by atoms with Crippen molar-refractivity contribution in [1.82, 2.24) is 15.2 Å². The smallest absolute Gasteiger partial charge is 0.337 e. The fourth-order valence-corrected chi connectivity index (χ4v) is 2.35. The summed E-state index contributed by atoms with van der Waals surface area (Å²) in [6.45, 7) is -0.267. The number of anilines is 1. The molecule has 0 fully saturated rings. The topological polar surface area (TPSA) is 95.3 Å². The molecule has 0 saturated heterocycles. The lowest BCUT2D eigenvalue weighted by Gasteiger charge is -2.07. The first-order valence-corrected chi connectivity index (χ1v) is 7.98. The van der Waals surface area contributed by atoms with E-state index in [1.807, 2.05) is 12.1 Å². The lowest BCUT2D eigenvalue weighted by atomic mass is 10.2. The van der Waals surface area contributed by atoms with E-state index in [2.05, 4.69) is 36.3 Å². The van der Waals surface area contributed by atoms with Gasteiger partial charge in [-0.3, -0.25) is 4.79 Å². The summed E-state index contributed by atoms with van der Waals surface area (Å²) in [7, 11) is 1.30. The van der Waals surface area contributed by atoms with E-state index in [9.17, 15) is 9.59 Å². The summed E-state index contributed by atoms with van der Waals surface area (Å²) >= 11 is 3.32. The maximum absolute atomic E-state index is 12.0. The third-order valence-electron chi connectivity index (χ3n) is 3.28. The van der Waals surface area contributed by atoms with Crippen LogP contribution in [-0.2, 0) is 9.53 Å². The largest absolute Gasteiger partial charge is 0.465 e. The van der Waals surface area contributed by atoms with Crippen molar-refractivity contribution >= 4 is 44.5 Å². The Morgan fingerprint density at radius 2 is 1.96 bits per heavy atom. The number of benzene rings is 2. The van der Waals surface area contributed by atoms with Crippen molar-refractivity contribution in [2.45, 2.75) is 0 Å². The number of fused-ring (bicyclic) bond motifs is 1. The molecule has 3 aromatic rings. The number of carbonyl (C=O) groups excluding carboxylic acids is 2. The Hall–Kier alpha value is -2.94. The van der Waals surface area contributed by atoms with Crippen LogP contribution in [0.3, 0.4) is 0 Å². The quantitative estimate of drug-likeness (QED) is 0.653. The molecule has 0 aliphatic heterocycles. The minimum Gasteiger partial charge on any atom is -0.465 e. The van der Waals surface area contributed by atoms with Gasteiger partial charge >= 0.3 is 5.97 Å². The number of hydrogen-bond acceptors (Lipinski definition) is 6. The molecule has 0 saturated carbocycles. The van der Waals surface area contributed by atoms with Gasteiger partial charge in [-0.2, -0.15) is 0 Å². The van der Waals surface area contributed by atoms with Crippen molar-refractivity contribution in [2.24, 2.45) is 0 Å². The predicted octanol–water partition coefficient (Wildman–Crippen LogP) is 2.05. The second-order valence-electron chi connectivity index (χ2n) is 4.99. The van der Waals surface area contributed by atoms with Crippen molar-refractivity contribution in [3.8, 4) is 0 Å². The number of carbonyl (C=O) groups is 2. The van der Waals surface area contributed by atoms with Gasteiger partial charge < -0.3 is 14.9 Å². The fraction of sp³-hybridized carbons (Fsp3) is 0.125. The number of nitrogens with one attached hydrogen (secondary N) is 1. The lowest BCUT2D eigenvalue weighted by Crippen LogP contribution is -2.26. The standard InChI is InChI=1S/C16H13BrN4O4/c1-24-16(23)10-2-7-13-14(8-10)21(20-19-13)25-9-15(22)18-12-5-3-11(17)4-6-12/h2-8H,9H2,1H3,(H,18,22). The van der Waals surface area contributed by atoms with Gasteiger partial charge in [0.2, 0.25) is 0 Å². The van der Waals surface area contributed by atoms with E-state index in [0.29, 0.717) is 22.3 Å². The molecule has 25 heavy (non-hydrogen) atoms. The Morgan fingerprint density at radius 1 is 1.20 bits per heavy atom. The molecular weight excluding hydrogens is 392 g/mol. The van der Waals surface area contributed by atoms with Crippen LogP contribution in [0, 0.1) is 0 Å². The maximum atomic E-state index is 12.0. The van der Waals surface area contributed by atoms with Crippen LogP contribution in [-0.4, -0.2) is 40.8 Å². The highest BCUT2D eigenvalue weighted by Gasteiger charge is 2.12. The van der Waals surface area contributed by atoms with Crippen molar-refractivity contribution in [2.75, 3.05) is 19.0 Å². The summed E-state index contributed by atoms with van der Waals surface area (Å²) < 4.78 is 5.59. The summed E-state index contributed by atoms with van der Waals surface area (Å²) in [5, 5.41) is 10.4. The Kier molecular flexibility index (Phi) is 4.94. The maximum Gasteiger partial charge on any atom is 0.337 e. The second-order valence-corrected chi connectivity index (χ2v) is 5.90. The normalized spacial score (nSPS) is 10.5. The van der Waals surface area contributed by atoms with E-state index in [1.165, 1.54) is 13.2 Å². The van der Waals surface area contributed by atoms with Crippen LogP contribution >= 0.6 is 15.9 Å². The van der Waals surface area contributed by atoms with Gasteiger partial charge in [-0.15, -0.1) is 5.10 Å². The van der Waals surface area contributed by atoms with Crippen molar-refractivity contribution in [3.63, 3.8) is 0 Å². The highest BCUT2D eigenvalue weighted by Crippen LogP contribution is 2.15. The zero-order valence-electron chi connectivity index (χ0n) is 13.1. The third kappa shape index (κ3) is 3.94. The van der Waals surface area contributed by atoms with E-state index in [0.717, 1.165) is 9.32 Å². The third-order valence-corrected chi connectivity index (χ3v) is 3.81. The molecule has 0 spiro atoms. The van der Waals surface area contributed by atoms with Crippen LogP contribution in [0.5, 0.6) is 0 Å². The van der Waals surface area contributed by atoms with Gasteiger partial charge in [-0.25, -0.2) is 4.79 Å². The Balaban J connectivity index is 1.69. The molecule has 0 atom stereocenters. The minimum atomic E-state index is -0.484. The number of rotatable bonds is 5. The molecule has 1 aromatic heterocycles. The molecule has 1 N–H and O–H groups in total. The summed E-state index contributed by atoms with van der Waals surface area (Å²) in [4.78, 5) is 30.0. The number of hydrogen-bond donors (Lipinski definition) is 1. The van der Waals surface area contributed by atoms with Crippen molar-refractivity contribution in [3.05, 3.63) is 52.5 Å². The van der Waals surface area contributed by atoms with E-state index in [-0.39, 0.29) is 12.5 Å². The molecule has 0 radical (unpaired) electrons. The average molecular weight is 405 g/mol. The molecule has 1 heterocycles. The highest BCUT2D eigenvalue weighted by atomic mass is 79.9. The van der Waals surface area contributed by atoms with Gasteiger partial charge in [-0.1, -0.05) is 20.8 Å². The predicted molar refractivity (Wildman–Crippen MR) is 93.1 cm³/mol.